The molecule has 3 aromatic rings. The number of nitro groups is 1. The van der Waals surface area contributed by atoms with E-state index in [1.807, 2.05) is 34.1 Å². The molecule has 0 saturated carbocycles. The second-order valence-corrected chi connectivity index (χ2v) is 8.26. The zero-order valence-corrected chi connectivity index (χ0v) is 17.9. The van der Waals surface area contributed by atoms with E-state index in [4.69, 9.17) is 0 Å². The van der Waals surface area contributed by atoms with E-state index in [1.54, 1.807) is 0 Å². The highest BCUT2D eigenvalue weighted by molar-refractivity contribution is 5.77. The molecule has 2 aromatic carbocycles. The highest BCUT2D eigenvalue weighted by atomic mass is 16.6. The van der Waals surface area contributed by atoms with Crippen LogP contribution in [-0.2, 0) is 13.0 Å². The number of benzene rings is 2. The first-order valence-electron chi connectivity index (χ1n) is 11.1. The van der Waals surface area contributed by atoms with Crippen LogP contribution in [0.5, 0.6) is 0 Å². The molecule has 2 aliphatic heterocycles. The number of hydrogen-bond donors (Lipinski definition) is 0. The summed E-state index contributed by atoms with van der Waals surface area (Å²) in [7, 11) is 0. The Labute approximate surface area is 187 Å². The first kappa shape index (κ1) is 20.4. The van der Waals surface area contributed by atoms with Crippen LogP contribution in [-0.4, -0.2) is 52.5 Å². The number of fused-ring (bicyclic) bond motifs is 1. The van der Waals surface area contributed by atoms with E-state index in [-0.39, 0.29) is 10.6 Å². The highest BCUT2D eigenvalue weighted by Gasteiger charge is 2.33. The topological polar surface area (TPSA) is 78.6 Å². The van der Waals surface area contributed by atoms with Gasteiger partial charge in [-0.25, -0.2) is 9.97 Å². The Balaban J connectivity index is 1.40. The van der Waals surface area contributed by atoms with Crippen molar-refractivity contribution < 1.29 is 4.92 Å². The largest absolute Gasteiger partial charge is 0.353 e. The molecule has 0 radical (unpaired) electrons. The molecule has 8 nitrogen and oxygen atoms in total. The van der Waals surface area contributed by atoms with Gasteiger partial charge in [0.05, 0.1) is 4.92 Å². The average molecular weight is 431 g/mol. The van der Waals surface area contributed by atoms with E-state index < -0.39 is 0 Å². The fourth-order valence-electron chi connectivity index (χ4n) is 4.67. The SMILES string of the molecule is O=[N+]([O-])c1c(N2CCN(Cc3ccccc3)CC2)ncnc1N1CCCc2ccccc21. The number of rotatable bonds is 5. The van der Waals surface area contributed by atoms with Gasteiger partial charge in [-0.05, 0) is 30.0 Å². The Bertz CT molecular complexity index is 1100. The van der Waals surface area contributed by atoms with E-state index in [1.165, 1.54) is 17.5 Å². The summed E-state index contributed by atoms with van der Waals surface area (Å²) in [6.45, 7) is 4.65. The molecule has 1 aromatic heterocycles. The third-order valence-corrected chi connectivity index (χ3v) is 6.25. The molecular weight excluding hydrogens is 404 g/mol. The van der Waals surface area contributed by atoms with E-state index in [0.717, 1.165) is 38.2 Å². The fourth-order valence-corrected chi connectivity index (χ4v) is 4.67. The van der Waals surface area contributed by atoms with E-state index >= 15 is 0 Å². The van der Waals surface area contributed by atoms with Crippen molar-refractivity contribution in [2.45, 2.75) is 19.4 Å². The predicted octanol–water partition coefficient (Wildman–Crippen LogP) is 3.79. The third kappa shape index (κ3) is 4.01. The number of aromatic nitrogens is 2. The number of nitrogens with zero attached hydrogens (tertiary/aromatic N) is 6. The van der Waals surface area contributed by atoms with Crippen LogP contribution in [0.1, 0.15) is 17.5 Å². The van der Waals surface area contributed by atoms with Gasteiger partial charge in [0.25, 0.3) is 0 Å². The zero-order chi connectivity index (χ0) is 21.9. The van der Waals surface area contributed by atoms with Crippen LogP contribution in [0.3, 0.4) is 0 Å². The predicted molar refractivity (Wildman–Crippen MR) is 124 cm³/mol. The average Bonchev–Trinajstić information content (AvgIpc) is 2.84. The van der Waals surface area contributed by atoms with Gasteiger partial charge in [-0.15, -0.1) is 0 Å². The minimum Gasteiger partial charge on any atom is -0.348 e. The lowest BCUT2D eigenvalue weighted by atomic mass is 10.0. The molecule has 3 heterocycles. The molecule has 0 N–H and O–H groups in total. The van der Waals surface area contributed by atoms with Crippen LogP contribution >= 0.6 is 0 Å². The Kier molecular flexibility index (Phi) is 5.68. The molecule has 1 saturated heterocycles. The van der Waals surface area contributed by atoms with Gasteiger partial charge < -0.3 is 9.80 Å². The summed E-state index contributed by atoms with van der Waals surface area (Å²) < 4.78 is 0. The quantitative estimate of drug-likeness (QED) is 0.450. The summed E-state index contributed by atoms with van der Waals surface area (Å²) in [6.07, 6.45) is 3.37. The molecule has 0 spiro atoms. The van der Waals surface area contributed by atoms with Crippen molar-refractivity contribution in [2.24, 2.45) is 0 Å². The zero-order valence-electron chi connectivity index (χ0n) is 17.9. The Morgan fingerprint density at radius 1 is 0.875 bits per heavy atom. The molecule has 5 rings (SSSR count). The Morgan fingerprint density at radius 3 is 2.38 bits per heavy atom. The first-order chi connectivity index (χ1) is 15.7. The van der Waals surface area contributed by atoms with Gasteiger partial charge in [-0.3, -0.25) is 15.0 Å². The Morgan fingerprint density at radius 2 is 1.59 bits per heavy atom. The van der Waals surface area contributed by atoms with Crippen molar-refractivity contribution in [3.05, 3.63) is 82.2 Å². The van der Waals surface area contributed by atoms with Gasteiger partial charge in [0.15, 0.2) is 0 Å². The lowest BCUT2D eigenvalue weighted by Gasteiger charge is -2.36. The number of piperazine rings is 1. The molecule has 0 unspecified atom stereocenters. The van der Waals surface area contributed by atoms with Crippen molar-refractivity contribution in [2.75, 3.05) is 42.5 Å². The van der Waals surface area contributed by atoms with Crippen LogP contribution in [0.2, 0.25) is 0 Å². The molecular formula is C24H26N6O2. The van der Waals surface area contributed by atoms with Crippen LogP contribution < -0.4 is 9.80 Å². The second kappa shape index (κ2) is 8.92. The maximum atomic E-state index is 12.2. The molecule has 0 aliphatic carbocycles. The van der Waals surface area contributed by atoms with Crippen molar-refractivity contribution in [1.82, 2.24) is 14.9 Å². The smallest absolute Gasteiger partial charge is 0.348 e. The summed E-state index contributed by atoms with van der Waals surface area (Å²) in [5.74, 6) is 0.807. The molecule has 32 heavy (non-hydrogen) atoms. The van der Waals surface area contributed by atoms with Gasteiger partial charge in [-0.2, -0.15) is 0 Å². The van der Waals surface area contributed by atoms with Crippen molar-refractivity contribution in [3.63, 3.8) is 0 Å². The number of aryl methyl sites for hydroxylation is 1. The molecule has 1 fully saturated rings. The Hall–Kier alpha value is -3.52. The van der Waals surface area contributed by atoms with Gasteiger partial charge in [0.2, 0.25) is 11.6 Å². The monoisotopic (exact) mass is 430 g/mol. The number of anilines is 3. The van der Waals surface area contributed by atoms with E-state index in [0.29, 0.717) is 31.3 Å². The summed E-state index contributed by atoms with van der Waals surface area (Å²) in [5, 5.41) is 12.2. The maximum Gasteiger partial charge on any atom is 0.353 e. The first-order valence-corrected chi connectivity index (χ1v) is 11.1. The second-order valence-electron chi connectivity index (χ2n) is 8.26. The number of para-hydroxylation sites is 1. The minimum absolute atomic E-state index is 0.000660. The van der Waals surface area contributed by atoms with Crippen molar-refractivity contribution in [3.8, 4) is 0 Å². The van der Waals surface area contributed by atoms with Gasteiger partial charge in [0.1, 0.15) is 6.33 Å². The van der Waals surface area contributed by atoms with Crippen LogP contribution in [0.15, 0.2) is 60.9 Å². The summed E-state index contributed by atoms with van der Waals surface area (Å²) in [4.78, 5) is 27.0. The van der Waals surface area contributed by atoms with Crippen LogP contribution in [0, 0.1) is 10.1 Å². The molecule has 2 aliphatic rings. The summed E-state index contributed by atoms with van der Waals surface area (Å²) >= 11 is 0. The van der Waals surface area contributed by atoms with E-state index in [2.05, 4.69) is 45.2 Å². The van der Waals surface area contributed by atoms with E-state index in [9.17, 15) is 10.1 Å². The maximum absolute atomic E-state index is 12.2. The highest BCUT2D eigenvalue weighted by Crippen LogP contribution is 2.40. The molecule has 164 valence electrons. The minimum atomic E-state index is -0.321. The third-order valence-electron chi connectivity index (χ3n) is 6.25. The van der Waals surface area contributed by atoms with Gasteiger partial charge in [0, 0.05) is 45.0 Å². The molecule has 0 bridgehead atoms. The molecule has 8 heteroatoms. The molecule has 0 amide bonds. The van der Waals surface area contributed by atoms with Crippen LogP contribution in [0.4, 0.5) is 23.0 Å². The summed E-state index contributed by atoms with van der Waals surface area (Å²) in [6, 6.07) is 18.5. The number of hydrogen-bond acceptors (Lipinski definition) is 7. The van der Waals surface area contributed by atoms with Crippen LogP contribution in [0.25, 0.3) is 0 Å². The summed E-state index contributed by atoms with van der Waals surface area (Å²) in [5.41, 5.74) is 3.47. The van der Waals surface area contributed by atoms with Crippen molar-refractivity contribution >= 4 is 23.0 Å². The normalized spacial score (nSPS) is 16.6. The lowest BCUT2D eigenvalue weighted by Crippen LogP contribution is -2.46. The standard InChI is InChI=1S/C24H26N6O2/c31-30(32)22-23(28-15-13-27(14-16-28)17-19-7-2-1-3-8-19)25-18-26-24(22)29-12-6-10-20-9-4-5-11-21(20)29/h1-5,7-9,11,18H,6,10,12-17H2. The van der Waals surface area contributed by atoms with Gasteiger partial charge >= 0.3 is 5.69 Å². The fraction of sp³-hybridized carbons (Fsp3) is 0.333. The lowest BCUT2D eigenvalue weighted by molar-refractivity contribution is -0.383. The van der Waals surface area contributed by atoms with Gasteiger partial charge in [-0.1, -0.05) is 48.5 Å². The van der Waals surface area contributed by atoms with Crippen molar-refractivity contribution in [1.29, 1.82) is 0 Å². The molecule has 0 atom stereocenters.